The maximum atomic E-state index is 13.4. The van der Waals surface area contributed by atoms with E-state index in [9.17, 15) is 8.78 Å². The van der Waals surface area contributed by atoms with E-state index in [1.54, 1.807) is 13.0 Å². The second-order valence-corrected chi connectivity index (χ2v) is 3.61. The summed E-state index contributed by atoms with van der Waals surface area (Å²) in [5.41, 5.74) is 2.92. The van der Waals surface area contributed by atoms with Gasteiger partial charge in [0.15, 0.2) is 0 Å². The van der Waals surface area contributed by atoms with Crippen molar-refractivity contribution < 1.29 is 8.78 Å². The van der Waals surface area contributed by atoms with Crippen LogP contribution in [0, 0.1) is 18.6 Å². The molecular weight excluding hydrogens is 240 g/mol. The van der Waals surface area contributed by atoms with Gasteiger partial charge in [-0.1, -0.05) is 0 Å². The molecule has 1 heterocycles. The van der Waals surface area contributed by atoms with Gasteiger partial charge >= 0.3 is 0 Å². The summed E-state index contributed by atoms with van der Waals surface area (Å²) >= 11 is 0. The van der Waals surface area contributed by atoms with Gasteiger partial charge in [-0.2, -0.15) is 4.98 Å². The van der Waals surface area contributed by atoms with Gasteiger partial charge < -0.3 is 5.32 Å². The Morgan fingerprint density at radius 1 is 1.17 bits per heavy atom. The van der Waals surface area contributed by atoms with Gasteiger partial charge in [0.1, 0.15) is 17.5 Å². The third kappa shape index (κ3) is 2.69. The summed E-state index contributed by atoms with van der Waals surface area (Å²) in [7, 11) is 0. The van der Waals surface area contributed by atoms with Gasteiger partial charge in [0, 0.05) is 17.8 Å². The Balaban J connectivity index is 2.33. The summed E-state index contributed by atoms with van der Waals surface area (Å²) in [4.78, 5) is 7.95. The molecule has 4 N–H and O–H groups in total. The first kappa shape index (κ1) is 12.2. The third-order valence-corrected chi connectivity index (χ3v) is 2.17. The number of hydrogen-bond acceptors (Lipinski definition) is 5. The number of benzene rings is 1. The lowest BCUT2D eigenvalue weighted by Crippen LogP contribution is -2.12. The minimum Gasteiger partial charge on any atom is -0.338 e. The van der Waals surface area contributed by atoms with Crippen molar-refractivity contribution in [3.8, 4) is 0 Å². The molecule has 0 amide bonds. The van der Waals surface area contributed by atoms with Gasteiger partial charge in [-0.15, -0.1) is 0 Å². The maximum Gasteiger partial charge on any atom is 0.239 e. The Labute approximate surface area is 102 Å². The van der Waals surface area contributed by atoms with Crippen LogP contribution >= 0.6 is 0 Å². The van der Waals surface area contributed by atoms with Crippen molar-refractivity contribution in [2.24, 2.45) is 5.84 Å². The second-order valence-electron chi connectivity index (χ2n) is 3.61. The van der Waals surface area contributed by atoms with E-state index in [1.165, 1.54) is 0 Å². The highest BCUT2D eigenvalue weighted by molar-refractivity contribution is 5.58. The van der Waals surface area contributed by atoms with Crippen molar-refractivity contribution in [1.82, 2.24) is 9.97 Å². The van der Waals surface area contributed by atoms with E-state index < -0.39 is 11.6 Å². The smallest absolute Gasteiger partial charge is 0.239 e. The Morgan fingerprint density at radius 3 is 2.67 bits per heavy atom. The number of hydrazine groups is 1. The third-order valence-electron chi connectivity index (χ3n) is 2.17. The molecule has 18 heavy (non-hydrogen) atoms. The van der Waals surface area contributed by atoms with Crippen LogP contribution < -0.4 is 16.6 Å². The molecular formula is C11H11F2N5. The number of nitrogens with one attached hydrogen (secondary N) is 2. The Kier molecular flexibility index (Phi) is 3.33. The molecule has 2 rings (SSSR count). The standard InChI is InChI=1S/C11H11F2N5/c1-6-4-10(17-11(15-6)18-14)16-9-5-7(12)2-3-8(9)13/h2-5H,14H2,1H3,(H2,15,16,17,18). The largest absolute Gasteiger partial charge is 0.338 e. The molecule has 0 fully saturated rings. The van der Waals surface area contributed by atoms with Crippen molar-refractivity contribution in [1.29, 1.82) is 0 Å². The molecule has 1 aromatic carbocycles. The number of aryl methyl sites for hydroxylation is 1. The molecule has 0 bridgehead atoms. The van der Waals surface area contributed by atoms with E-state index in [0.717, 1.165) is 18.2 Å². The number of nitrogens with zero attached hydrogens (tertiary/aromatic N) is 2. The van der Waals surface area contributed by atoms with Crippen molar-refractivity contribution in [2.45, 2.75) is 6.92 Å². The number of anilines is 3. The number of rotatable bonds is 3. The van der Waals surface area contributed by atoms with Crippen LogP contribution in [0.3, 0.4) is 0 Å². The van der Waals surface area contributed by atoms with Crippen LogP contribution in [0.1, 0.15) is 5.69 Å². The molecule has 0 saturated carbocycles. The van der Waals surface area contributed by atoms with E-state index in [0.29, 0.717) is 11.5 Å². The molecule has 0 atom stereocenters. The highest BCUT2D eigenvalue weighted by Crippen LogP contribution is 2.20. The SMILES string of the molecule is Cc1cc(Nc2cc(F)ccc2F)nc(NN)n1. The highest BCUT2D eigenvalue weighted by atomic mass is 19.1. The van der Waals surface area contributed by atoms with E-state index in [1.807, 2.05) is 0 Å². The Hall–Kier alpha value is -2.28. The Morgan fingerprint density at radius 2 is 1.94 bits per heavy atom. The molecule has 94 valence electrons. The zero-order chi connectivity index (χ0) is 13.1. The number of nitrogen functional groups attached to an aromatic ring is 1. The summed E-state index contributed by atoms with van der Waals surface area (Å²) in [6, 6.07) is 4.71. The lowest BCUT2D eigenvalue weighted by Gasteiger charge is -2.09. The molecule has 1 aromatic heterocycles. The molecule has 0 aliphatic rings. The van der Waals surface area contributed by atoms with E-state index >= 15 is 0 Å². The molecule has 0 unspecified atom stereocenters. The monoisotopic (exact) mass is 251 g/mol. The topological polar surface area (TPSA) is 75.9 Å². The highest BCUT2D eigenvalue weighted by Gasteiger charge is 2.06. The molecule has 0 aliphatic heterocycles. The van der Waals surface area contributed by atoms with Crippen LogP contribution in [0.15, 0.2) is 24.3 Å². The fourth-order valence-corrected chi connectivity index (χ4v) is 1.43. The predicted molar refractivity (Wildman–Crippen MR) is 64.2 cm³/mol. The number of nitrogens with two attached hydrogens (primary N) is 1. The van der Waals surface area contributed by atoms with Gasteiger partial charge in [0.2, 0.25) is 5.95 Å². The molecule has 0 radical (unpaired) electrons. The summed E-state index contributed by atoms with van der Waals surface area (Å²) in [6.45, 7) is 1.73. The average Bonchev–Trinajstić information content (AvgIpc) is 2.33. The van der Waals surface area contributed by atoms with Crippen LogP contribution in [0.4, 0.5) is 26.2 Å². The molecule has 0 spiro atoms. The quantitative estimate of drug-likeness (QED) is 0.575. The van der Waals surface area contributed by atoms with Crippen molar-refractivity contribution in [3.05, 3.63) is 41.6 Å². The summed E-state index contributed by atoms with van der Waals surface area (Å²) in [5, 5.41) is 2.67. The zero-order valence-corrected chi connectivity index (χ0v) is 9.54. The first-order valence-corrected chi connectivity index (χ1v) is 5.13. The fraction of sp³-hybridized carbons (Fsp3) is 0.0909. The van der Waals surface area contributed by atoms with Gasteiger partial charge in [-0.05, 0) is 19.1 Å². The average molecular weight is 251 g/mol. The number of hydrogen-bond donors (Lipinski definition) is 3. The van der Waals surface area contributed by atoms with Gasteiger partial charge in [-0.25, -0.2) is 19.6 Å². The molecule has 7 heteroatoms. The number of halogens is 2. The van der Waals surface area contributed by atoms with E-state index in [-0.39, 0.29) is 11.6 Å². The van der Waals surface area contributed by atoms with Crippen LogP contribution in [0.2, 0.25) is 0 Å². The van der Waals surface area contributed by atoms with Crippen molar-refractivity contribution in [3.63, 3.8) is 0 Å². The summed E-state index contributed by atoms with van der Waals surface area (Å²) in [5.74, 6) is 4.59. The lowest BCUT2D eigenvalue weighted by molar-refractivity contribution is 0.603. The number of aromatic nitrogens is 2. The summed E-state index contributed by atoms with van der Waals surface area (Å²) < 4.78 is 26.4. The van der Waals surface area contributed by atoms with Crippen LogP contribution in [0.25, 0.3) is 0 Å². The normalized spacial score (nSPS) is 10.2. The van der Waals surface area contributed by atoms with Crippen LogP contribution in [-0.4, -0.2) is 9.97 Å². The Bertz CT molecular complexity index is 573. The lowest BCUT2D eigenvalue weighted by atomic mass is 10.3. The van der Waals surface area contributed by atoms with Gasteiger partial charge in [-0.3, -0.25) is 5.43 Å². The minimum atomic E-state index is -0.574. The van der Waals surface area contributed by atoms with Gasteiger partial charge in [0.05, 0.1) is 5.69 Å². The molecule has 0 saturated heterocycles. The van der Waals surface area contributed by atoms with E-state index in [4.69, 9.17) is 5.84 Å². The fourth-order valence-electron chi connectivity index (χ4n) is 1.43. The van der Waals surface area contributed by atoms with Crippen molar-refractivity contribution in [2.75, 3.05) is 10.7 Å². The predicted octanol–water partition coefficient (Wildman–Crippen LogP) is 2.09. The molecule has 2 aromatic rings. The van der Waals surface area contributed by atoms with Crippen LogP contribution in [-0.2, 0) is 0 Å². The van der Waals surface area contributed by atoms with Crippen LogP contribution in [0.5, 0.6) is 0 Å². The minimum absolute atomic E-state index is 0.00364. The summed E-state index contributed by atoms with van der Waals surface area (Å²) in [6.07, 6.45) is 0. The van der Waals surface area contributed by atoms with Crippen molar-refractivity contribution >= 4 is 17.5 Å². The zero-order valence-electron chi connectivity index (χ0n) is 9.54. The molecule has 5 nitrogen and oxygen atoms in total. The second kappa shape index (κ2) is 4.92. The maximum absolute atomic E-state index is 13.4. The van der Waals surface area contributed by atoms with Gasteiger partial charge in [0.25, 0.3) is 0 Å². The van der Waals surface area contributed by atoms with E-state index in [2.05, 4.69) is 20.7 Å². The first-order valence-electron chi connectivity index (χ1n) is 5.13. The first-order chi connectivity index (χ1) is 8.58. The molecule has 0 aliphatic carbocycles.